The molecule has 0 radical (unpaired) electrons. The summed E-state index contributed by atoms with van der Waals surface area (Å²) in [5, 5.41) is 16.1. The number of ether oxygens (including phenoxy) is 1. The molecule has 0 bridgehead atoms. The fraction of sp³-hybridized carbons (Fsp3) is 0.250. The van der Waals surface area contributed by atoms with Gasteiger partial charge in [-0.25, -0.2) is 0 Å². The molecule has 4 nitrogen and oxygen atoms in total. The van der Waals surface area contributed by atoms with E-state index in [-0.39, 0.29) is 0 Å². The first-order valence-electron chi connectivity index (χ1n) is 8.27. The van der Waals surface area contributed by atoms with E-state index in [0.717, 1.165) is 5.56 Å². The lowest BCUT2D eigenvalue weighted by Gasteiger charge is -2.24. The second-order valence-corrected chi connectivity index (χ2v) is 7.44. The van der Waals surface area contributed by atoms with Gasteiger partial charge in [0.15, 0.2) is 6.10 Å². The van der Waals surface area contributed by atoms with Gasteiger partial charge in [-0.3, -0.25) is 0 Å². The van der Waals surface area contributed by atoms with Gasteiger partial charge in [-0.2, -0.15) is 0 Å². The molecule has 0 aromatic heterocycles. The normalized spacial score (nSPS) is 26.8. The van der Waals surface area contributed by atoms with E-state index in [1.54, 1.807) is 31.2 Å². The van der Waals surface area contributed by atoms with Crippen molar-refractivity contribution in [2.45, 2.75) is 25.2 Å². The third-order valence-corrected chi connectivity index (χ3v) is 5.30. The Morgan fingerprint density at radius 1 is 1.12 bits per heavy atom. The minimum Gasteiger partial charge on any atom is -0.489 e. The minimum absolute atomic E-state index is 0.386. The number of hydrogen-bond donors (Lipinski definition) is 1. The maximum absolute atomic E-state index is 10.9. The fourth-order valence-corrected chi connectivity index (χ4v) is 4.03. The molecule has 2 aliphatic rings. The van der Waals surface area contributed by atoms with Gasteiger partial charge in [0, 0.05) is 5.56 Å². The summed E-state index contributed by atoms with van der Waals surface area (Å²) in [6, 6.07) is 15.1. The summed E-state index contributed by atoms with van der Waals surface area (Å²) in [6.07, 6.45) is 1.18. The Balaban J connectivity index is 1.59. The molecule has 1 aliphatic carbocycles. The third-order valence-electron chi connectivity index (χ3n) is 4.67. The van der Waals surface area contributed by atoms with Crippen LogP contribution in [0.5, 0.6) is 0 Å². The van der Waals surface area contributed by atoms with Gasteiger partial charge >= 0.3 is 0 Å². The van der Waals surface area contributed by atoms with E-state index in [0.29, 0.717) is 33.7 Å². The molecular formula is C20H17Cl2NO3. The van der Waals surface area contributed by atoms with Crippen molar-refractivity contribution in [3.05, 3.63) is 81.5 Å². The van der Waals surface area contributed by atoms with Crippen molar-refractivity contribution in [1.29, 1.82) is 0 Å². The summed E-state index contributed by atoms with van der Waals surface area (Å²) in [6.45, 7) is 2.09. The Kier molecular flexibility index (Phi) is 4.43. The molecule has 2 aromatic carbocycles. The van der Waals surface area contributed by atoms with Crippen LogP contribution in [0.2, 0.25) is 10.0 Å². The van der Waals surface area contributed by atoms with Gasteiger partial charge in [0.2, 0.25) is 0 Å². The summed E-state index contributed by atoms with van der Waals surface area (Å²) >= 11 is 12.6. The Morgan fingerprint density at radius 3 is 2.50 bits per heavy atom. The van der Waals surface area contributed by atoms with E-state index >= 15 is 0 Å². The highest BCUT2D eigenvalue weighted by atomic mass is 35.5. The van der Waals surface area contributed by atoms with E-state index in [1.807, 2.05) is 30.3 Å². The summed E-state index contributed by atoms with van der Waals surface area (Å²) in [5.74, 6) is 0.122. The minimum atomic E-state index is -1.19. The zero-order valence-corrected chi connectivity index (χ0v) is 15.5. The molecule has 0 saturated heterocycles. The van der Waals surface area contributed by atoms with Gasteiger partial charge in [0.25, 0.3) is 0 Å². The predicted octanol–water partition coefficient (Wildman–Crippen LogP) is 4.58. The highest BCUT2D eigenvalue weighted by Gasteiger charge is 2.54. The van der Waals surface area contributed by atoms with E-state index < -0.39 is 17.6 Å². The smallest absolute Gasteiger partial charge is 0.195 e. The lowest BCUT2D eigenvalue weighted by Crippen LogP contribution is -2.38. The first kappa shape index (κ1) is 17.4. The van der Waals surface area contributed by atoms with Crippen LogP contribution in [0.25, 0.3) is 0 Å². The Morgan fingerprint density at radius 2 is 1.81 bits per heavy atom. The van der Waals surface area contributed by atoms with Gasteiger partial charge in [0.05, 0.1) is 21.6 Å². The van der Waals surface area contributed by atoms with Crippen LogP contribution in [-0.4, -0.2) is 22.5 Å². The van der Waals surface area contributed by atoms with Crippen molar-refractivity contribution >= 4 is 28.9 Å². The van der Waals surface area contributed by atoms with E-state index in [2.05, 4.69) is 5.16 Å². The van der Waals surface area contributed by atoms with Crippen molar-refractivity contribution in [3.8, 4) is 0 Å². The molecule has 6 heteroatoms. The van der Waals surface area contributed by atoms with Crippen molar-refractivity contribution in [2.75, 3.05) is 0 Å². The van der Waals surface area contributed by atoms with E-state index in [4.69, 9.17) is 32.8 Å². The first-order valence-corrected chi connectivity index (χ1v) is 9.03. The number of oxime groups is 1. The molecule has 4 rings (SSSR count). The van der Waals surface area contributed by atoms with E-state index in [9.17, 15) is 5.11 Å². The van der Waals surface area contributed by atoms with Crippen molar-refractivity contribution in [1.82, 2.24) is 0 Å². The number of benzene rings is 2. The van der Waals surface area contributed by atoms with Crippen molar-refractivity contribution < 1.29 is 14.7 Å². The zero-order valence-electron chi connectivity index (χ0n) is 14.0. The Hall–Kier alpha value is -2.01. The number of aliphatic hydroxyl groups is 1. The van der Waals surface area contributed by atoms with Gasteiger partial charge in [-0.1, -0.05) is 64.8 Å². The topological polar surface area (TPSA) is 51.0 Å². The second kappa shape index (κ2) is 6.62. The van der Waals surface area contributed by atoms with Crippen LogP contribution in [0.1, 0.15) is 18.1 Å². The fourth-order valence-electron chi connectivity index (χ4n) is 3.44. The predicted molar refractivity (Wildman–Crippen MR) is 101 cm³/mol. The standard InChI is InChI=1S/C20H17Cl2NO3/c1-20(24)10-15(25-11-12-6-3-2-4-7-12)19-17(20)18(23-26-19)16-13(21)8-5-9-14(16)22/h2-10,17,19,24H,11H2,1H3/t17-,19-,20+/m1/s1. The van der Waals surface area contributed by atoms with Gasteiger partial charge in [-0.15, -0.1) is 0 Å². The highest BCUT2D eigenvalue weighted by molar-refractivity contribution is 6.40. The molecule has 26 heavy (non-hydrogen) atoms. The quantitative estimate of drug-likeness (QED) is 0.832. The van der Waals surface area contributed by atoms with Crippen LogP contribution < -0.4 is 0 Å². The number of fused-ring (bicyclic) bond motifs is 1. The molecule has 0 spiro atoms. The van der Waals surface area contributed by atoms with Crippen LogP contribution in [-0.2, 0) is 16.2 Å². The number of nitrogens with zero attached hydrogens (tertiary/aromatic N) is 1. The average molecular weight is 390 g/mol. The second-order valence-electron chi connectivity index (χ2n) is 6.62. The Bertz CT molecular complexity index is 873. The molecule has 1 aliphatic heterocycles. The van der Waals surface area contributed by atoms with Gasteiger partial charge < -0.3 is 14.7 Å². The SMILES string of the molecule is C[C@]1(O)C=C(OCc2ccccc2)[C@H]2ON=C(c3c(Cl)cccc3Cl)[C@H]21. The van der Waals surface area contributed by atoms with Crippen LogP contribution >= 0.6 is 23.2 Å². The van der Waals surface area contributed by atoms with Crippen molar-refractivity contribution in [2.24, 2.45) is 11.1 Å². The Labute approximate surface area is 161 Å². The summed E-state index contributed by atoms with van der Waals surface area (Å²) in [4.78, 5) is 5.61. The van der Waals surface area contributed by atoms with Crippen LogP contribution in [0.3, 0.4) is 0 Å². The van der Waals surface area contributed by atoms with E-state index in [1.165, 1.54) is 0 Å². The molecule has 1 heterocycles. The average Bonchev–Trinajstić information content (AvgIpc) is 3.14. The first-order chi connectivity index (χ1) is 12.5. The molecule has 3 atom stereocenters. The highest BCUT2D eigenvalue weighted by Crippen LogP contribution is 2.45. The zero-order chi connectivity index (χ0) is 18.3. The molecule has 0 fully saturated rings. The van der Waals surface area contributed by atoms with Crippen LogP contribution in [0, 0.1) is 5.92 Å². The molecular weight excluding hydrogens is 373 g/mol. The van der Waals surface area contributed by atoms with Crippen molar-refractivity contribution in [3.63, 3.8) is 0 Å². The summed E-state index contributed by atoms with van der Waals surface area (Å²) < 4.78 is 5.92. The molecule has 1 N–H and O–H groups in total. The lowest BCUT2D eigenvalue weighted by atomic mass is 9.84. The third kappa shape index (κ3) is 2.98. The number of halogens is 2. The molecule has 134 valence electrons. The maximum atomic E-state index is 10.9. The number of rotatable bonds is 4. The number of hydrogen-bond acceptors (Lipinski definition) is 4. The summed E-state index contributed by atoms with van der Waals surface area (Å²) in [5.41, 5.74) is 0.963. The molecule has 0 amide bonds. The van der Waals surface area contributed by atoms with Gasteiger partial charge in [-0.05, 0) is 30.7 Å². The maximum Gasteiger partial charge on any atom is 0.195 e. The monoisotopic (exact) mass is 389 g/mol. The molecule has 0 saturated carbocycles. The van der Waals surface area contributed by atoms with Crippen LogP contribution in [0.4, 0.5) is 0 Å². The van der Waals surface area contributed by atoms with Gasteiger partial charge in [0.1, 0.15) is 18.1 Å². The van der Waals surface area contributed by atoms with Crippen LogP contribution in [0.15, 0.2) is 65.5 Å². The molecule has 2 aromatic rings. The largest absolute Gasteiger partial charge is 0.489 e. The lowest BCUT2D eigenvalue weighted by molar-refractivity contribution is 0.00445. The molecule has 0 unspecified atom stereocenters. The summed E-state index contributed by atoms with van der Waals surface area (Å²) in [7, 11) is 0.